The predicted octanol–water partition coefficient (Wildman–Crippen LogP) is 0.859. The Kier molecular flexibility index (Phi) is 5.57. The van der Waals surface area contributed by atoms with Gasteiger partial charge in [-0.25, -0.2) is 0 Å². The van der Waals surface area contributed by atoms with Gasteiger partial charge in [0, 0.05) is 32.8 Å². The third-order valence-corrected chi connectivity index (χ3v) is 3.36. The van der Waals surface area contributed by atoms with E-state index in [9.17, 15) is 4.79 Å². The molecule has 0 N–H and O–H groups in total. The van der Waals surface area contributed by atoms with Gasteiger partial charge in [-0.3, -0.25) is 9.69 Å². The van der Waals surface area contributed by atoms with E-state index in [-0.39, 0.29) is 5.91 Å². The van der Waals surface area contributed by atoms with Crippen molar-refractivity contribution in [3.8, 4) is 6.07 Å². The molecule has 0 spiro atoms. The van der Waals surface area contributed by atoms with E-state index in [4.69, 9.17) is 10.00 Å². The minimum Gasteiger partial charge on any atom is -0.381 e. The van der Waals surface area contributed by atoms with E-state index >= 15 is 0 Å². The number of carbonyl (C=O) groups excluding carboxylic acids is 1. The van der Waals surface area contributed by atoms with Gasteiger partial charge in [-0.1, -0.05) is 0 Å². The lowest BCUT2D eigenvalue weighted by Gasteiger charge is -2.40. The van der Waals surface area contributed by atoms with Crippen molar-refractivity contribution in [3.63, 3.8) is 0 Å². The summed E-state index contributed by atoms with van der Waals surface area (Å²) in [6.45, 7) is 9.84. The third-order valence-electron chi connectivity index (χ3n) is 3.36. The molecule has 1 aliphatic rings. The van der Waals surface area contributed by atoms with Crippen molar-refractivity contribution < 1.29 is 9.53 Å². The Balaban J connectivity index is 2.35. The summed E-state index contributed by atoms with van der Waals surface area (Å²) in [4.78, 5) is 15.8. The molecule has 0 aliphatic carbocycles. The number of carbonyl (C=O) groups is 1. The molecular weight excluding hydrogens is 230 g/mol. The highest BCUT2D eigenvalue weighted by atomic mass is 16.5. The van der Waals surface area contributed by atoms with Crippen LogP contribution in [0.15, 0.2) is 0 Å². The summed E-state index contributed by atoms with van der Waals surface area (Å²) >= 11 is 0. The summed E-state index contributed by atoms with van der Waals surface area (Å²) in [6, 6.07) is 2.30. The average molecular weight is 253 g/mol. The van der Waals surface area contributed by atoms with Gasteiger partial charge in [-0.2, -0.15) is 5.26 Å². The first kappa shape index (κ1) is 14.9. The fraction of sp³-hybridized carbons (Fsp3) is 0.846. The van der Waals surface area contributed by atoms with Crippen LogP contribution in [0.4, 0.5) is 0 Å². The minimum atomic E-state index is -0.444. The lowest BCUT2D eigenvalue weighted by molar-refractivity contribution is -0.134. The summed E-state index contributed by atoms with van der Waals surface area (Å²) in [6.07, 6.45) is 0.454. The smallest absolute Gasteiger partial charge is 0.224 e. The molecule has 0 radical (unpaired) electrons. The van der Waals surface area contributed by atoms with Gasteiger partial charge in [0.1, 0.15) is 5.54 Å². The van der Waals surface area contributed by atoms with E-state index in [1.54, 1.807) is 0 Å². The summed E-state index contributed by atoms with van der Waals surface area (Å²) in [7, 11) is 0. The molecule has 0 aromatic carbocycles. The van der Waals surface area contributed by atoms with E-state index in [0.717, 1.165) is 13.1 Å². The molecular formula is C13H23N3O2. The molecule has 0 bridgehead atoms. The van der Waals surface area contributed by atoms with E-state index in [0.29, 0.717) is 32.7 Å². The SMILES string of the molecule is CCOCCC(=O)N1CCN(C(C)(C)C#N)CC1. The molecule has 0 atom stereocenters. The van der Waals surface area contributed by atoms with Crippen LogP contribution in [0, 0.1) is 11.3 Å². The molecule has 1 fully saturated rings. The Hall–Kier alpha value is -1.12. The monoisotopic (exact) mass is 253 g/mol. The summed E-state index contributed by atoms with van der Waals surface area (Å²) in [5.74, 6) is 0.151. The number of nitrogens with zero attached hydrogens (tertiary/aromatic N) is 3. The zero-order valence-corrected chi connectivity index (χ0v) is 11.6. The Morgan fingerprint density at radius 3 is 2.44 bits per heavy atom. The first-order chi connectivity index (χ1) is 8.51. The Morgan fingerprint density at radius 1 is 1.33 bits per heavy atom. The van der Waals surface area contributed by atoms with Gasteiger partial charge in [0.15, 0.2) is 0 Å². The van der Waals surface area contributed by atoms with Crippen LogP contribution in [0.5, 0.6) is 0 Å². The van der Waals surface area contributed by atoms with Crippen LogP contribution in [0.2, 0.25) is 0 Å². The Bertz CT molecular complexity index is 315. The predicted molar refractivity (Wildman–Crippen MR) is 69.0 cm³/mol. The summed E-state index contributed by atoms with van der Waals surface area (Å²) in [5, 5.41) is 9.08. The van der Waals surface area contributed by atoms with Crippen molar-refractivity contribution in [2.24, 2.45) is 0 Å². The molecule has 102 valence electrons. The minimum absolute atomic E-state index is 0.151. The van der Waals surface area contributed by atoms with Crippen molar-refractivity contribution in [1.29, 1.82) is 5.26 Å². The normalized spacial score (nSPS) is 17.6. The summed E-state index contributed by atoms with van der Waals surface area (Å²) < 4.78 is 5.19. The van der Waals surface area contributed by atoms with Crippen LogP contribution in [-0.4, -0.2) is 60.6 Å². The second-order valence-corrected chi connectivity index (χ2v) is 4.99. The quantitative estimate of drug-likeness (QED) is 0.682. The van der Waals surface area contributed by atoms with Gasteiger partial charge < -0.3 is 9.64 Å². The average Bonchev–Trinajstić information content (AvgIpc) is 2.39. The van der Waals surface area contributed by atoms with Crippen LogP contribution in [0.1, 0.15) is 27.2 Å². The number of hydrogen-bond acceptors (Lipinski definition) is 4. The van der Waals surface area contributed by atoms with Crippen LogP contribution >= 0.6 is 0 Å². The molecule has 0 aromatic rings. The van der Waals surface area contributed by atoms with Crippen LogP contribution < -0.4 is 0 Å². The van der Waals surface area contributed by atoms with Gasteiger partial charge in [0.25, 0.3) is 0 Å². The van der Waals surface area contributed by atoms with Crippen molar-refractivity contribution in [1.82, 2.24) is 9.80 Å². The topological polar surface area (TPSA) is 56.6 Å². The number of ether oxygens (including phenoxy) is 1. The molecule has 18 heavy (non-hydrogen) atoms. The van der Waals surface area contributed by atoms with Gasteiger partial charge in [0.2, 0.25) is 5.91 Å². The third kappa shape index (κ3) is 3.97. The lowest BCUT2D eigenvalue weighted by Crippen LogP contribution is -2.55. The first-order valence-corrected chi connectivity index (χ1v) is 6.53. The zero-order valence-electron chi connectivity index (χ0n) is 11.6. The first-order valence-electron chi connectivity index (χ1n) is 6.53. The fourth-order valence-electron chi connectivity index (χ4n) is 2.05. The van der Waals surface area contributed by atoms with E-state index in [2.05, 4.69) is 11.0 Å². The number of nitriles is 1. The molecule has 0 saturated carbocycles. The standard InChI is InChI=1S/C13H23N3O2/c1-4-18-10-5-12(17)15-6-8-16(9-7-15)13(2,3)11-14/h4-10H2,1-3H3. The number of piperazine rings is 1. The molecule has 0 aromatic heterocycles. The van der Waals surface area contributed by atoms with Gasteiger partial charge in [0.05, 0.1) is 19.1 Å². The van der Waals surface area contributed by atoms with E-state index in [1.807, 2.05) is 25.7 Å². The highest BCUT2D eigenvalue weighted by Gasteiger charge is 2.30. The Morgan fingerprint density at radius 2 is 1.94 bits per heavy atom. The van der Waals surface area contributed by atoms with Crippen molar-refractivity contribution >= 4 is 5.91 Å². The van der Waals surface area contributed by atoms with Crippen LogP contribution in [0.3, 0.4) is 0 Å². The maximum atomic E-state index is 11.9. The van der Waals surface area contributed by atoms with E-state index in [1.165, 1.54) is 0 Å². The molecule has 5 nitrogen and oxygen atoms in total. The lowest BCUT2D eigenvalue weighted by atomic mass is 10.0. The molecule has 1 amide bonds. The second-order valence-electron chi connectivity index (χ2n) is 4.99. The van der Waals surface area contributed by atoms with Gasteiger partial charge in [-0.15, -0.1) is 0 Å². The summed E-state index contributed by atoms with van der Waals surface area (Å²) in [5.41, 5.74) is -0.444. The van der Waals surface area contributed by atoms with E-state index < -0.39 is 5.54 Å². The van der Waals surface area contributed by atoms with Gasteiger partial charge in [-0.05, 0) is 20.8 Å². The molecule has 1 heterocycles. The highest BCUT2D eigenvalue weighted by molar-refractivity contribution is 5.76. The van der Waals surface area contributed by atoms with Crippen molar-refractivity contribution in [2.75, 3.05) is 39.4 Å². The molecule has 1 aliphatic heterocycles. The van der Waals surface area contributed by atoms with Crippen LogP contribution in [-0.2, 0) is 9.53 Å². The Labute approximate surface area is 109 Å². The zero-order chi connectivity index (χ0) is 13.6. The van der Waals surface area contributed by atoms with Crippen molar-refractivity contribution in [3.05, 3.63) is 0 Å². The number of rotatable bonds is 5. The van der Waals surface area contributed by atoms with Crippen LogP contribution in [0.25, 0.3) is 0 Å². The largest absolute Gasteiger partial charge is 0.381 e. The molecule has 0 unspecified atom stereocenters. The number of hydrogen-bond donors (Lipinski definition) is 0. The maximum absolute atomic E-state index is 11.9. The highest BCUT2D eigenvalue weighted by Crippen LogP contribution is 2.16. The molecule has 1 rings (SSSR count). The number of amides is 1. The van der Waals surface area contributed by atoms with Gasteiger partial charge >= 0.3 is 0 Å². The fourth-order valence-corrected chi connectivity index (χ4v) is 2.05. The second kappa shape index (κ2) is 6.72. The maximum Gasteiger partial charge on any atom is 0.224 e. The molecule has 1 saturated heterocycles. The molecule has 5 heteroatoms. The van der Waals surface area contributed by atoms with Crippen molar-refractivity contribution in [2.45, 2.75) is 32.7 Å².